The minimum absolute atomic E-state index is 0.00960. The van der Waals surface area contributed by atoms with Crippen molar-refractivity contribution in [3.05, 3.63) is 63.5 Å². The van der Waals surface area contributed by atoms with Crippen LogP contribution in [0.15, 0.2) is 33.5 Å². The molecule has 2 aromatic rings. The van der Waals surface area contributed by atoms with Crippen LogP contribution in [0, 0.1) is 5.82 Å². The number of nitrogens with zero attached hydrogens (tertiary/aromatic N) is 1. The molecule has 2 aromatic carbocycles. The summed E-state index contributed by atoms with van der Waals surface area (Å²) in [7, 11) is -3.46. The maximum atomic E-state index is 14.8. The number of amides is 1. The van der Waals surface area contributed by atoms with Crippen molar-refractivity contribution >= 4 is 15.8 Å². The quantitative estimate of drug-likeness (QED) is 0.777. The van der Waals surface area contributed by atoms with Crippen molar-refractivity contribution in [2.24, 2.45) is 9.50 Å². The molecule has 1 unspecified atom stereocenters. The Labute approximate surface area is 176 Å². The number of nitrogens with two attached hydrogens (primary N) is 1. The Bertz CT molecular complexity index is 1120. The molecule has 0 spiro atoms. The van der Waals surface area contributed by atoms with Gasteiger partial charge in [-0.1, -0.05) is 12.1 Å². The highest BCUT2D eigenvalue weighted by molar-refractivity contribution is 7.91. The first-order chi connectivity index (χ1) is 14.1. The lowest BCUT2D eigenvalue weighted by atomic mass is 9.91. The van der Waals surface area contributed by atoms with Gasteiger partial charge in [-0.2, -0.15) is 0 Å². The second-order valence-corrected chi connectivity index (χ2v) is 10.5. The third-order valence-corrected chi connectivity index (χ3v) is 7.54. The zero-order valence-electron chi connectivity index (χ0n) is 17.3. The molecule has 0 heterocycles. The third kappa shape index (κ3) is 3.82. The van der Waals surface area contributed by atoms with E-state index < -0.39 is 21.4 Å². The summed E-state index contributed by atoms with van der Waals surface area (Å²) in [5.74, 6) is -0.653. The first-order valence-electron chi connectivity index (χ1n) is 10.3. The number of aliphatic hydroxyl groups is 1. The molecule has 3 N–H and O–H groups in total. The zero-order valence-corrected chi connectivity index (χ0v) is 18.2. The number of hydrogen-bond acceptors (Lipinski definition) is 3. The van der Waals surface area contributed by atoms with Gasteiger partial charge in [0.15, 0.2) is 0 Å². The normalized spacial score (nSPS) is 17.4. The van der Waals surface area contributed by atoms with Crippen molar-refractivity contribution < 1.29 is 18.5 Å². The Morgan fingerprint density at radius 1 is 1.13 bits per heavy atom. The first-order valence-corrected chi connectivity index (χ1v) is 11.9. The number of rotatable bonds is 4. The largest absolute Gasteiger partial charge is 0.386 e. The molecule has 2 aliphatic carbocycles. The second-order valence-electron chi connectivity index (χ2n) is 8.73. The van der Waals surface area contributed by atoms with Crippen LogP contribution in [0.3, 0.4) is 0 Å². The molecule has 0 aromatic heterocycles. The lowest BCUT2D eigenvalue weighted by molar-refractivity contribution is -0.117. The van der Waals surface area contributed by atoms with Crippen LogP contribution < -0.4 is 5.14 Å². The van der Waals surface area contributed by atoms with E-state index in [1.165, 1.54) is 6.07 Å². The molecular weight excluding hydrogens is 403 g/mol. The van der Waals surface area contributed by atoms with Gasteiger partial charge in [-0.3, -0.25) is 4.79 Å². The topological polar surface area (TPSA) is 92.8 Å². The average Bonchev–Trinajstić information content (AvgIpc) is 3.34. The van der Waals surface area contributed by atoms with Crippen LogP contribution in [0.2, 0.25) is 0 Å². The van der Waals surface area contributed by atoms with Gasteiger partial charge in [0.25, 0.3) is 5.91 Å². The fourth-order valence-corrected chi connectivity index (χ4v) is 5.70. The summed E-state index contributed by atoms with van der Waals surface area (Å²) >= 11 is 0. The van der Waals surface area contributed by atoms with Crippen molar-refractivity contribution in [2.45, 2.75) is 69.3 Å². The lowest BCUT2D eigenvalue weighted by Gasteiger charge is -2.18. The van der Waals surface area contributed by atoms with Crippen LogP contribution >= 0.6 is 0 Å². The molecule has 1 amide bonds. The van der Waals surface area contributed by atoms with Crippen LogP contribution in [-0.2, 0) is 52.4 Å². The minimum atomic E-state index is -3.46. The highest BCUT2D eigenvalue weighted by Crippen LogP contribution is 2.38. The Hall–Kier alpha value is -2.09. The van der Waals surface area contributed by atoms with E-state index in [-0.39, 0.29) is 17.1 Å². The zero-order chi connectivity index (χ0) is 21.7. The molecule has 160 valence electrons. The summed E-state index contributed by atoms with van der Waals surface area (Å²) < 4.78 is 31.7. The van der Waals surface area contributed by atoms with Gasteiger partial charge in [0.1, 0.15) is 15.7 Å². The molecule has 5 nitrogen and oxygen atoms in total. The Balaban J connectivity index is 1.69. The third-order valence-electron chi connectivity index (χ3n) is 6.14. The second kappa shape index (κ2) is 7.55. The van der Waals surface area contributed by atoms with Crippen molar-refractivity contribution in [2.75, 3.05) is 0 Å². The smallest absolute Gasteiger partial charge is 0.259 e. The number of carbonyl (C=O) groups is 1. The van der Waals surface area contributed by atoms with Crippen LogP contribution in [-0.4, -0.2) is 15.2 Å². The summed E-state index contributed by atoms with van der Waals surface area (Å²) in [4.78, 5) is 13.0. The van der Waals surface area contributed by atoms with Gasteiger partial charge >= 0.3 is 0 Å². The van der Waals surface area contributed by atoms with Crippen LogP contribution in [0.25, 0.3) is 0 Å². The van der Waals surface area contributed by atoms with Crippen molar-refractivity contribution in [3.63, 3.8) is 0 Å². The van der Waals surface area contributed by atoms with Crippen molar-refractivity contribution in [1.82, 2.24) is 0 Å². The summed E-state index contributed by atoms with van der Waals surface area (Å²) in [6.07, 6.45) is 4.66. The summed E-state index contributed by atoms with van der Waals surface area (Å²) in [6, 6.07) is 6.40. The highest BCUT2D eigenvalue weighted by Gasteiger charge is 2.30. The van der Waals surface area contributed by atoms with E-state index in [1.807, 2.05) is 0 Å². The molecule has 1 atom stereocenters. The molecule has 0 radical (unpaired) electrons. The van der Waals surface area contributed by atoms with Crippen molar-refractivity contribution in [3.8, 4) is 0 Å². The van der Waals surface area contributed by atoms with Gasteiger partial charge < -0.3 is 5.11 Å². The van der Waals surface area contributed by atoms with E-state index in [0.29, 0.717) is 18.4 Å². The Kier molecular flexibility index (Phi) is 5.33. The number of fused-ring (bicyclic) bond motifs is 2. The van der Waals surface area contributed by atoms with Gasteiger partial charge in [0.05, 0.1) is 16.9 Å². The lowest BCUT2D eigenvalue weighted by Crippen LogP contribution is -2.19. The fourth-order valence-electron chi connectivity index (χ4n) is 4.66. The predicted molar refractivity (Wildman–Crippen MR) is 114 cm³/mol. The van der Waals surface area contributed by atoms with E-state index in [0.717, 1.165) is 53.5 Å². The SMILES string of the molecule is CC(C)(O)c1cccc(S(N)(=O)=NC(=O)Cc2c3c(c(F)c4c2CCC4)CCC3)c1. The van der Waals surface area contributed by atoms with Gasteiger partial charge in [0, 0.05) is 0 Å². The molecule has 0 aliphatic heterocycles. The van der Waals surface area contributed by atoms with E-state index in [1.54, 1.807) is 32.0 Å². The Morgan fingerprint density at radius 3 is 2.27 bits per heavy atom. The number of benzene rings is 2. The molecule has 7 heteroatoms. The maximum Gasteiger partial charge on any atom is 0.259 e. The Morgan fingerprint density at radius 2 is 1.70 bits per heavy atom. The molecule has 0 saturated heterocycles. The molecule has 2 aliphatic rings. The highest BCUT2D eigenvalue weighted by atomic mass is 32.2. The summed E-state index contributed by atoms with van der Waals surface area (Å²) in [5, 5.41) is 16.1. The molecule has 4 rings (SSSR count). The fraction of sp³-hybridized carbons (Fsp3) is 0.435. The van der Waals surface area contributed by atoms with Gasteiger partial charge in [0.2, 0.25) is 0 Å². The van der Waals surface area contributed by atoms with Crippen LogP contribution in [0.5, 0.6) is 0 Å². The molecule has 0 saturated carbocycles. The number of hydrogen-bond donors (Lipinski definition) is 2. The first kappa shape index (κ1) is 21.2. The average molecular weight is 431 g/mol. The monoisotopic (exact) mass is 430 g/mol. The minimum Gasteiger partial charge on any atom is -0.386 e. The predicted octanol–water partition coefficient (Wildman–Crippen LogP) is 3.50. The summed E-state index contributed by atoms with van der Waals surface area (Å²) in [5.41, 5.74) is 3.62. The van der Waals surface area contributed by atoms with Gasteiger partial charge in [-0.15, -0.1) is 4.36 Å². The van der Waals surface area contributed by atoms with Crippen LogP contribution in [0.4, 0.5) is 4.39 Å². The van der Waals surface area contributed by atoms with Gasteiger partial charge in [-0.25, -0.2) is 13.7 Å². The van der Waals surface area contributed by atoms with Crippen molar-refractivity contribution in [1.29, 1.82) is 0 Å². The summed E-state index contributed by atoms with van der Waals surface area (Å²) in [6.45, 7) is 3.23. The maximum absolute atomic E-state index is 14.8. The van der Waals surface area contributed by atoms with E-state index in [4.69, 9.17) is 5.14 Å². The van der Waals surface area contributed by atoms with Crippen LogP contribution in [0.1, 0.15) is 60.1 Å². The molecule has 0 fully saturated rings. The van der Waals surface area contributed by atoms with E-state index in [9.17, 15) is 18.5 Å². The van der Waals surface area contributed by atoms with E-state index >= 15 is 0 Å². The van der Waals surface area contributed by atoms with E-state index in [2.05, 4.69) is 4.36 Å². The number of carbonyl (C=O) groups excluding carboxylic acids is 1. The molecule has 30 heavy (non-hydrogen) atoms. The molecule has 0 bridgehead atoms. The standard InChI is InChI=1S/C23H27FN2O3S/c1-23(2,28)14-6-3-7-15(12-14)30(25,29)26-21(27)13-20-16-8-4-10-18(16)22(24)19-11-5-9-17(19)20/h3,6-7,12,28H,4-5,8-11,13H2,1-2H3,(H2,25,26,27,29). The molecular formula is C23H27FN2O3S. The number of halogens is 1. The van der Waals surface area contributed by atoms with Gasteiger partial charge in [-0.05, 0) is 97.9 Å².